The van der Waals surface area contributed by atoms with E-state index in [0.717, 1.165) is 45.9 Å². The molecule has 0 amide bonds. The van der Waals surface area contributed by atoms with Crippen molar-refractivity contribution in [2.75, 3.05) is 31.6 Å². The maximum atomic E-state index is 9.06. The van der Waals surface area contributed by atoms with Gasteiger partial charge in [0.15, 0.2) is 5.70 Å². The lowest BCUT2D eigenvalue weighted by molar-refractivity contribution is -0.294. The summed E-state index contributed by atoms with van der Waals surface area (Å²) in [6, 6.07) is 10.4. The molecule has 0 atom stereocenters. The van der Waals surface area contributed by atoms with Gasteiger partial charge < -0.3 is 20.7 Å². The molecule has 0 bridgehead atoms. The summed E-state index contributed by atoms with van der Waals surface area (Å²) in [6.07, 6.45) is 10.7. The molecule has 2 aromatic rings. The van der Waals surface area contributed by atoms with Crippen LogP contribution in [0.3, 0.4) is 0 Å². The molecule has 0 fully saturated rings. The molecule has 3 rings (SSSR count). The fourth-order valence-corrected chi connectivity index (χ4v) is 3.47. The number of hydrogen-bond acceptors (Lipinski definition) is 3. The lowest BCUT2D eigenvalue weighted by atomic mass is 10.0. The zero-order chi connectivity index (χ0) is 20.8. The maximum Gasteiger partial charge on any atom is 0.586 e. The van der Waals surface area contributed by atoms with E-state index in [2.05, 4.69) is 54.4 Å². The van der Waals surface area contributed by atoms with Crippen LogP contribution in [-0.2, 0) is 0 Å². The molecule has 0 spiro atoms. The number of aromatic amines is 1. The van der Waals surface area contributed by atoms with E-state index in [0.29, 0.717) is 13.1 Å². The highest BCUT2D eigenvalue weighted by molar-refractivity contribution is 6.01. The van der Waals surface area contributed by atoms with Gasteiger partial charge in [0.2, 0.25) is 0 Å². The number of aliphatic hydroxyl groups excluding tert-OH is 1. The van der Waals surface area contributed by atoms with E-state index in [1.54, 1.807) is 4.49 Å². The summed E-state index contributed by atoms with van der Waals surface area (Å²) in [4.78, 5) is 5.54. The number of H-pyrrole nitrogens is 1. The smallest absolute Gasteiger partial charge is 0.395 e. The number of anilines is 1. The molecule has 0 aliphatic carbocycles. The van der Waals surface area contributed by atoms with Crippen LogP contribution in [0.1, 0.15) is 28.9 Å². The molecule has 1 aromatic heterocycles. The number of benzene rings is 1. The van der Waals surface area contributed by atoms with Crippen molar-refractivity contribution in [2.45, 2.75) is 13.3 Å². The van der Waals surface area contributed by atoms with Crippen molar-refractivity contribution in [1.82, 2.24) is 4.98 Å². The topological polar surface area (TPSA) is 68.3 Å². The molecule has 1 aliphatic heterocycles. The number of nitrogens with two attached hydrogens (primary N) is 1. The predicted octanol–water partition coefficient (Wildman–Crippen LogP) is 2.72. The first kappa shape index (κ1) is 20.9. The summed E-state index contributed by atoms with van der Waals surface area (Å²) >= 11 is 0. The van der Waals surface area contributed by atoms with Gasteiger partial charge in [-0.15, -0.1) is 0 Å². The predicted molar refractivity (Wildman–Crippen MR) is 123 cm³/mol. The molecule has 6 heteroatoms. The zero-order valence-corrected chi connectivity index (χ0v) is 17.1. The first-order chi connectivity index (χ1) is 14.0. The van der Waals surface area contributed by atoms with E-state index in [9.17, 15) is 0 Å². The van der Waals surface area contributed by atoms with Crippen LogP contribution in [0.15, 0.2) is 48.2 Å². The van der Waals surface area contributed by atoms with Gasteiger partial charge in [-0.05, 0) is 55.3 Å². The Morgan fingerprint density at radius 2 is 2.03 bits per heavy atom. The number of allylic oxidation sites excluding steroid dienone is 2. The standard InChI is InChI=1S/C23H28BN4O/c1-17-16-19(8-5-18-6-9-20(10-7-18)27(2)14-15-29)26-23(17)21(11-12-25)22-4-3-13-28(22)24/h3-10,13,16,26,29H,11-12,14-15,25H2,1-2H3/q+1. The highest BCUT2D eigenvalue weighted by Gasteiger charge is 2.20. The summed E-state index contributed by atoms with van der Waals surface area (Å²) in [6.45, 7) is 3.41. The lowest BCUT2D eigenvalue weighted by Gasteiger charge is -2.17. The Balaban J connectivity index is 1.81. The van der Waals surface area contributed by atoms with Crippen molar-refractivity contribution in [1.29, 1.82) is 0 Å². The van der Waals surface area contributed by atoms with Crippen molar-refractivity contribution >= 4 is 37.6 Å². The van der Waals surface area contributed by atoms with E-state index in [1.807, 2.05) is 30.3 Å². The van der Waals surface area contributed by atoms with Gasteiger partial charge in [0, 0.05) is 42.7 Å². The second-order valence-corrected chi connectivity index (χ2v) is 7.17. The fraction of sp³-hybridized carbons (Fsp3) is 0.261. The Morgan fingerprint density at radius 1 is 1.28 bits per heavy atom. The van der Waals surface area contributed by atoms with Crippen molar-refractivity contribution in [3.05, 3.63) is 70.7 Å². The minimum atomic E-state index is 0.144. The number of hydrogen-bond donors (Lipinski definition) is 3. The molecule has 29 heavy (non-hydrogen) atoms. The van der Waals surface area contributed by atoms with E-state index < -0.39 is 0 Å². The number of aliphatic hydroxyl groups is 1. The molecule has 1 aromatic carbocycles. The van der Waals surface area contributed by atoms with E-state index in [1.165, 1.54) is 0 Å². The highest BCUT2D eigenvalue weighted by Crippen LogP contribution is 2.27. The number of rotatable bonds is 8. The van der Waals surface area contributed by atoms with Gasteiger partial charge in [-0.25, -0.2) is 0 Å². The maximum absolute atomic E-state index is 9.06. The van der Waals surface area contributed by atoms with Gasteiger partial charge in [-0.1, -0.05) is 18.2 Å². The molecule has 0 saturated carbocycles. The quantitative estimate of drug-likeness (QED) is 0.610. The first-order valence-corrected chi connectivity index (χ1v) is 9.82. The second-order valence-electron chi connectivity index (χ2n) is 7.17. The van der Waals surface area contributed by atoms with Crippen molar-refractivity contribution in [2.24, 2.45) is 5.73 Å². The van der Waals surface area contributed by atoms with Crippen molar-refractivity contribution < 1.29 is 9.59 Å². The summed E-state index contributed by atoms with van der Waals surface area (Å²) in [5.74, 6) is 0. The van der Waals surface area contributed by atoms with Crippen LogP contribution in [-0.4, -0.2) is 55.5 Å². The number of nitrogens with one attached hydrogen (secondary N) is 1. The Morgan fingerprint density at radius 3 is 2.66 bits per heavy atom. The molecule has 4 N–H and O–H groups in total. The third-order valence-corrected chi connectivity index (χ3v) is 5.04. The molecule has 2 heterocycles. The van der Waals surface area contributed by atoms with Crippen LogP contribution < -0.4 is 10.6 Å². The van der Waals surface area contributed by atoms with Gasteiger partial charge in [0.05, 0.1) is 12.3 Å². The Bertz CT molecular complexity index is 967. The Hall–Kier alpha value is -2.83. The lowest BCUT2D eigenvalue weighted by Crippen LogP contribution is -2.20. The summed E-state index contributed by atoms with van der Waals surface area (Å²) < 4.78 is 1.64. The molecule has 0 unspecified atom stereocenters. The van der Waals surface area contributed by atoms with Crippen LogP contribution in [0.4, 0.5) is 5.69 Å². The molecule has 1 aliphatic rings. The van der Waals surface area contributed by atoms with Gasteiger partial charge >= 0.3 is 7.98 Å². The third kappa shape index (κ3) is 4.97. The van der Waals surface area contributed by atoms with Gasteiger partial charge in [-0.3, -0.25) is 4.49 Å². The van der Waals surface area contributed by atoms with Crippen molar-refractivity contribution in [3.63, 3.8) is 0 Å². The average molecular weight is 387 g/mol. The van der Waals surface area contributed by atoms with Crippen LogP contribution in [0.5, 0.6) is 0 Å². The van der Waals surface area contributed by atoms with Crippen LogP contribution in [0.25, 0.3) is 17.7 Å². The van der Waals surface area contributed by atoms with Gasteiger partial charge in [-0.2, -0.15) is 0 Å². The van der Waals surface area contributed by atoms with E-state index >= 15 is 0 Å². The molecular formula is C23H28BN4O+. The molecular weight excluding hydrogens is 359 g/mol. The highest BCUT2D eigenvalue weighted by atomic mass is 16.3. The van der Waals surface area contributed by atoms with Crippen LogP contribution >= 0.6 is 0 Å². The van der Waals surface area contributed by atoms with Crippen LogP contribution in [0, 0.1) is 6.92 Å². The number of aromatic nitrogens is 1. The normalized spacial score (nSPS) is 15.2. The number of aryl methyl sites for hydroxylation is 1. The van der Waals surface area contributed by atoms with Gasteiger partial charge in [0.1, 0.15) is 6.21 Å². The molecule has 2 radical (unpaired) electrons. The summed E-state index contributed by atoms with van der Waals surface area (Å²) in [5, 5.41) is 9.06. The second kappa shape index (κ2) is 9.59. The third-order valence-electron chi connectivity index (χ3n) is 5.04. The molecule has 0 saturated heterocycles. The van der Waals surface area contributed by atoms with Gasteiger partial charge in [0.25, 0.3) is 0 Å². The SMILES string of the molecule is [B][N+]1=CC=CC1=C(CCN)c1[nH]c(/C=C/c2ccc(N(C)CCO)cc2)cc1C. The first-order valence-electron chi connectivity index (χ1n) is 9.82. The Kier molecular flexibility index (Phi) is 6.91. The minimum Gasteiger partial charge on any atom is -0.395 e. The van der Waals surface area contributed by atoms with Crippen LogP contribution in [0.2, 0.25) is 0 Å². The molecule has 5 nitrogen and oxygen atoms in total. The summed E-state index contributed by atoms with van der Waals surface area (Å²) in [7, 11) is 8.03. The minimum absolute atomic E-state index is 0.144. The number of likely N-dealkylation sites (N-methyl/N-ethyl adjacent to an activating group) is 1. The Labute approximate surface area is 174 Å². The van der Waals surface area contributed by atoms with Crippen molar-refractivity contribution in [3.8, 4) is 0 Å². The monoisotopic (exact) mass is 387 g/mol. The summed E-state index contributed by atoms with van der Waals surface area (Å²) in [5.41, 5.74) is 13.4. The molecule has 148 valence electrons. The van der Waals surface area contributed by atoms with E-state index in [4.69, 9.17) is 18.8 Å². The largest absolute Gasteiger partial charge is 0.586 e. The van der Waals surface area contributed by atoms with E-state index in [-0.39, 0.29) is 6.61 Å². The number of nitrogens with zero attached hydrogens (tertiary/aromatic N) is 2. The average Bonchev–Trinajstić information content (AvgIpc) is 3.30. The zero-order valence-electron chi connectivity index (χ0n) is 17.1. The fourth-order valence-electron chi connectivity index (χ4n) is 3.47.